The zero-order valence-corrected chi connectivity index (χ0v) is 15.4. The van der Waals surface area contributed by atoms with Gasteiger partial charge in [0, 0.05) is 12.8 Å². The lowest BCUT2D eigenvalue weighted by molar-refractivity contribution is -0.175. The maximum atomic E-state index is 13.0. The fourth-order valence-electron chi connectivity index (χ4n) is 3.33. The van der Waals surface area contributed by atoms with Gasteiger partial charge in [0.2, 0.25) is 11.8 Å². The monoisotopic (exact) mass is 391 g/mol. The van der Waals surface area contributed by atoms with E-state index in [4.69, 9.17) is 0 Å². The molecule has 0 unspecified atom stereocenters. The molecule has 2 N–H and O–H groups in total. The summed E-state index contributed by atoms with van der Waals surface area (Å²) in [6.45, 7) is 0.346. The van der Waals surface area contributed by atoms with Crippen molar-refractivity contribution in [1.82, 2.24) is 5.32 Å². The maximum absolute atomic E-state index is 13.0. The van der Waals surface area contributed by atoms with Gasteiger partial charge in [-0.1, -0.05) is 25.5 Å². The van der Waals surface area contributed by atoms with Crippen molar-refractivity contribution in [2.75, 3.05) is 0 Å². The third kappa shape index (κ3) is 6.09. The molecule has 152 valence electrons. The highest BCUT2D eigenvalue weighted by atomic mass is 19.3. The van der Waals surface area contributed by atoms with Gasteiger partial charge in [-0.25, -0.2) is 8.78 Å². The standard InChI is InChI=1S/C19H25F4NO3/c1-3-5-15(12-6-4-7-14(8-12)27-17(20)21)24-16(25)11-18(2,26)13-9-19(22,23)10-13/h4,6-8,13,15,17,26H,3,5,9-11H2,1-2H3,(H,24,25)/t15-,18-/m0/s1. The summed E-state index contributed by atoms with van der Waals surface area (Å²) in [5.74, 6) is -3.90. The molecular formula is C19H25F4NO3. The first kappa shape index (κ1) is 21.5. The van der Waals surface area contributed by atoms with E-state index in [0.717, 1.165) is 6.42 Å². The number of benzene rings is 1. The molecule has 0 aliphatic heterocycles. The number of alkyl halides is 4. The van der Waals surface area contributed by atoms with Crippen molar-refractivity contribution >= 4 is 5.91 Å². The second-order valence-electron chi connectivity index (χ2n) is 7.35. The molecule has 1 amide bonds. The zero-order valence-electron chi connectivity index (χ0n) is 15.4. The van der Waals surface area contributed by atoms with Crippen molar-refractivity contribution in [1.29, 1.82) is 0 Å². The summed E-state index contributed by atoms with van der Waals surface area (Å²) in [5, 5.41) is 13.2. The quantitative estimate of drug-likeness (QED) is 0.612. The van der Waals surface area contributed by atoms with Crippen LogP contribution in [0.4, 0.5) is 17.6 Å². The number of carbonyl (C=O) groups excluding carboxylic acids is 1. The second-order valence-corrected chi connectivity index (χ2v) is 7.35. The molecule has 0 radical (unpaired) electrons. The molecule has 0 spiro atoms. The molecule has 27 heavy (non-hydrogen) atoms. The number of aliphatic hydroxyl groups is 1. The predicted molar refractivity (Wildman–Crippen MR) is 91.8 cm³/mol. The Balaban J connectivity index is 2.02. The first-order valence-corrected chi connectivity index (χ1v) is 8.97. The van der Waals surface area contributed by atoms with Gasteiger partial charge in [0.25, 0.3) is 0 Å². The van der Waals surface area contributed by atoms with Crippen molar-refractivity contribution in [3.05, 3.63) is 29.8 Å². The van der Waals surface area contributed by atoms with E-state index in [0.29, 0.717) is 12.0 Å². The maximum Gasteiger partial charge on any atom is 0.387 e. The summed E-state index contributed by atoms with van der Waals surface area (Å²) in [4.78, 5) is 12.4. The van der Waals surface area contributed by atoms with Crippen LogP contribution in [0, 0.1) is 5.92 Å². The van der Waals surface area contributed by atoms with Crippen molar-refractivity contribution < 1.29 is 32.2 Å². The molecule has 2 rings (SSSR count). The molecule has 0 heterocycles. The largest absolute Gasteiger partial charge is 0.435 e. The van der Waals surface area contributed by atoms with Crippen LogP contribution < -0.4 is 10.1 Å². The number of amides is 1. The smallest absolute Gasteiger partial charge is 0.387 e. The second kappa shape index (κ2) is 8.46. The van der Waals surface area contributed by atoms with Gasteiger partial charge in [-0.05, 0) is 37.0 Å². The fraction of sp³-hybridized carbons (Fsp3) is 0.632. The van der Waals surface area contributed by atoms with Crippen LogP contribution in [0.3, 0.4) is 0 Å². The molecule has 1 saturated carbocycles. The van der Waals surface area contributed by atoms with E-state index < -0.39 is 48.8 Å². The number of carbonyl (C=O) groups is 1. The highest BCUT2D eigenvalue weighted by molar-refractivity contribution is 5.77. The molecule has 1 aliphatic rings. The number of hydrogen-bond donors (Lipinski definition) is 2. The minimum absolute atomic E-state index is 0.0125. The molecule has 8 heteroatoms. The molecule has 0 saturated heterocycles. The minimum atomic E-state index is -2.95. The van der Waals surface area contributed by atoms with E-state index in [-0.39, 0.29) is 12.2 Å². The molecular weight excluding hydrogens is 366 g/mol. The van der Waals surface area contributed by atoms with Gasteiger partial charge in [0.1, 0.15) is 5.75 Å². The number of nitrogens with one attached hydrogen (secondary N) is 1. The summed E-state index contributed by atoms with van der Waals surface area (Å²) in [6, 6.07) is 5.60. The summed E-state index contributed by atoms with van der Waals surface area (Å²) in [5.41, 5.74) is -0.929. The molecule has 1 aliphatic carbocycles. The predicted octanol–water partition coefficient (Wildman–Crippen LogP) is 4.43. The van der Waals surface area contributed by atoms with Gasteiger partial charge in [-0.3, -0.25) is 4.79 Å². The molecule has 4 nitrogen and oxygen atoms in total. The van der Waals surface area contributed by atoms with Gasteiger partial charge in [0.05, 0.1) is 18.1 Å². The van der Waals surface area contributed by atoms with E-state index in [2.05, 4.69) is 10.1 Å². The van der Waals surface area contributed by atoms with Gasteiger partial charge in [-0.2, -0.15) is 8.78 Å². The van der Waals surface area contributed by atoms with E-state index in [1.165, 1.54) is 19.1 Å². The van der Waals surface area contributed by atoms with E-state index in [1.54, 1.807) is 12.1 Å². The summed E-state index contributed by atoms with van der Waals surface area (Å²) < 4.78 is 55.3. The van der Waals surface area contributed by atoms with Gasteiger partial charge in [0.15, 0.2) is 0 Å². The highest BCUT2D eigenvalue weighted by Crippen LogP contribution is 2.48. The zero-order chi connectivity index (χ0) is 20.2. The Hall–Kier alpha value is -1.83. The average Bonchev–Trinajstić information content (AvgIpc) is 2.51. The van der Waals surface area contributed by atoms with Gasteiger partial charge < -0.3 is 15.2 Å². The topological polar surface area (TPSA) is 58.6 Å². The number of rotatable bonds is 9. The SMILES string of the molecule is CCC[C@H](NC(=O)C[C@](C)(O)C1CC(F)(F)C1)c1cccc(OC(F)F)c1. The van der Waals surface area contributed by atoms with Crippen LogP contribution >= 0.6 is 0 Å². The van der Waals surface area contributed by atoms with E-state index in [1.807, 2.05) is 6.92 Å². The molecule has 0 bridgehead atoms. The summed E-state index contributed by atoms with van der Waals surface area (Å²) >= 11 is 0. The van der Waals surface area contributed by atoms with Crippen molar-refractivity contribution in [2.45, 2.75) is 70.1 Å². The van der Waals surface area contributed by atoms with Crippen LogP contribution in [0.5, 0.6) is 5.75 Å². The number of ether oxygens (including phenoxy) is 1. The Kier molecular flexibility index (Phi) is 6.72. The summed E-state index contributed by atoms with van der Waals surface area (Å²) in [7, 11) is 0. The third-order valence-electron chi connectivity index (χ3n) is 4.89. The Morgan fingerprint density at radius 2 is 2.07 bits per heavy atom. The summed E-state index contributed by atoms with van der Waals surface area (Å²) in [6.07, 6.45) is 0.0994. The van der Waals surface area contributed by atoms with Crippen LogP contribution in [0.25, 0.3) is 0 Å². The highest BCUT2D eigenvalue weighted by Gasteiger charge is 2.53. The van der Waals surface area contributed by atoms with E-state index in [9.17, 15) is 27.5 Å². The average molecular weight is 391 g/mol. The minimum Gasteiger partial charge on any atom is -0.435 e. The lowest BCUT2D eigenvalue weighted by Crippen LogP contribution is -2.50. The first-order valence-electron chi connectivity index (χ1n) is 8.97. The van der Waals surface area contributed by atoms with Crippen LogP contribution in [-0.4, -0.2) is 29.1 Å². The molecule has 1 aromatic carbocycles. The lowest BCUT2D eigenvalue weighted by Gasteiger charge is -2.43. The van der Waals surface area contributed by atoms with Crippen molar-refractivity contribution in [2.24, 2.45) is 5.92 Å². The molecule has 2 atom stereocenters. The fourth-order valence-corrected chi connectivity index (χ4v) is 3.33. The van der Waals surface area contributed by atoms with Gasteiger partial charge in [-0.15, -0.1) is 0 Å². The molecule has 1 fully saturated rings. The van der Waals surface area contributed by atoms with Crippen molar-refractivity contribution in [3.63, 3.8) is 0 Å². The van der Waals surface area contributed by atoms with Crippen LogP contribution in [-0.2, 0) is 4.79 Å². The van der Waals surface area contributed by atoms with Crippen LogP contribution in [0.15, 0.2) is 24.3 Å². The Morgan fingerprint density at radius 1 is 1.41 bits per heavy atom. The Morgan fingerprint density at radius 3 is 2.63 bits per heavy atom. The van der Waals surface area contributed by atoms with Gasteiger partial charge >= 0.3 is 6.61 Å². The molecule has 1 aromatic rings. The third-order valence-corrected chi connectivity index (χ3v) is 4.89. The lowest BCUT2D eigenvalue weighted by atomic mass is 9.70. The van der Waals surface area contributed by atoms with Crippen LogP contribution in [0.2, 0.25) is 0 Å². The number of hydrogen-bond acceptors (Lipinski definition) is 3. The van der Waals surface area contributed by atoms with Crippen molar-refractivity contribution in [3.8, 4) is 5.75 Å². The number of halogens is 4. The van der Waals surface area contributed by atoms with Crippen LogP contribution in [0.1, 0.15) is 57.6 Å². The normalized spacial score (nSPS) is 19.9. The Bertz CT molecular complexity index is 644. The first-order chi connectivity index (χ1) is 12.5. The molecule has 0 aromatic heterocycles. The Labute approximate surface area is 155 Å². The van der Waals surface area contributed by atoms with E-state index >= 15 is 0 Å².